The number of nitrogens with two attached hydrogens (primary N) is 1. The van der Waals surface area contributed by atoms with Gasteiger partial charge in [-0.15, -0.1) is 0 Å². The Morgan fingerprint density at radius 3 is 2.35 bits per heavy atom. The number of benzene rings is 2. The molecule has 1 nitrogen and oxygen atoms in total. The van der Waals surface area contributed by atoms with Crippen LogP contribution >= 0.6 is 11.6 Å². The van der Waals surface area contributed by atoms with E-state index in [1.54, 1.807) is 0 Å². The first kappa shape index (κ1) is 15.1. The predicted octanol–water partition coefficient (Wildman–Crippen LogP) is 4.82. The Kier molecular flexibility index (Phi) is 4.85. The Labute approximate surface area is 126 Å². The van der Waals surface area contributed by atoms with Crippen molar-refractivity contribution in [1.82, 2.24) is 0 Å². The summed E-state index contributed by atoms with van der Waals surface area (Å²) in [5.74, 6) is 0. The number of rotatable bonds is 4. The van der Waals surface area contributed by atoms with Gasteiger partial charge in [0.05, 0.1) is 6.04 Å². The maximum absolute atomic E-state index is 6.48. The van der Waals surface area contributed by atoms with E-state index in [-0.39, 0.29) is 6.04 Å². The average molecular weight is 288 g/mol. The molecule has 0 aliphatic rings. The fourth-order valence-electron chi connectivity index (χ4n) is 2.53. The lowest BCUT2D eigenvalue weighted by molar-refractivity contribution is 0.845. The summed E-state index contributed by atoms with van der Waals surface area (Å²) in [4.78, 5) is 0. The first-order chi connectivity index (χ1) is 9.56. The normalized spacial score (nSPS) is 12.4. The van der Waals surface area contributed by atoms with E-state index in [4.69, 9.17) is 17.3 Å². The maximum Gasteiger partial charge on any atom is 0.0569 e. The molecule has 2 rings (SSSR count). The van der Waals surface area contributed by atoms with Crippen LogP contribution in [0.4, 0.5) is 0 Å². The van der Waals surface area contributed by atoms with Crippen molar-refractivity contribution in [2.45, 2.75) is 39.7 Å². The van der Waals surface area contributed by atoms with Gasteiger partial charge < -0.3 is 5.73 Å². The molecule has 0 fully saturated rings. The molecule has 0 aromatic heterocycles. The van der Waals surface area contributed by atoms with Crippen molar-refractivity contribution in [2.24, 2.45) is 5.73 Å². The fourth-order valence-corrected chi connectivity index (χ4v) is 2.88. The predicted molar refractivity (Wildman–Crippen MR) is 87.4 cm³/mol. The van der Waals surface area contributed by atoms with Crippen LogP contribution in [0.1, 0.15) is 47.7 Å². The number of hydrogen-bond acceptors (Lipinski definition) is 1. The van der Waals surface area contributed by atoms with E-state index >= 15 is 0 Å². The van der Waals surface area contributed by atoms with Crippen molar-refractivity contribution in [2.75, 3.05) is 0 Å². The van der Waals surface area contributed by atoms with Gasteiger partial charge in [-0.3, -0.25) is 0 Å². The van der Waals surface area contributed by atoms with Gasteiger partial charge in [-0.2, -0.15) is 0 Å². The smallest absolute Gasteiger partial charge is 0.0569 e. The largest absolute Gasteiger partial charge is 0.320 e. The average Bonchev–Trinajstić information content (AvgIpc) is 2.46. The molecule has 0 heterocycles. The zero-order valence-corrected chi connectivity index (χ0v) is 13.2. The van der Waals surface area contributed by atoms with Crippen LogP contribution in [-0.2, 0) is 12.8 Å². The minimum absolute atomic E-state index is 0.162. The minimum Gasteiger partial charge on any atom is -0.320 e. The Morgan fingerprint density at radius 2 is 1.75 bits per heavy atom. The summed E-state index contributed by atoms with van der Waals surface area (Å²) in [6.45, 7) is 6.36. The Bertz CT molecular complexity index is 604. The van der Waals surface area contributed by atoms with Crippen molar-refractivity contribution >= 4 is 11.6 Å². The second-order valence-electron chi connectivity index (χ2n) is 5.24. The van der Waals surface area contributed by atoms with E-state index < -0.39 is 0 Å². The first-order valence-electron chi connectivity index (χ1n) is 7.20. The standard InChI is InChI=1S/C18H22ClN/c1-4-13-7-8-14(5-2)16(11-13)18(20)15-9-6-12(3)10-17(15)19/h6-11,18H,4-5,20H2,1-3H3. The van der Waals surface area contributed by atoms with Crippen molar-refractivity contribution < 1.29 is 0 Å². The molecule has 2 heteroatoms. The third-order valence-electron chi connectivity index (χ3n) is 3.83. The Hall–Kier alpha value is -1.31. The van der Waals surface area contributed by atoms with Gasteiger partial charge in [-0.25, -0.2) is 0 Å². The molecule has 0 saturated carbocycles. The molecule has 20 heavy (non-hydrogen) atoms. The molecule has 0 aliphatic carbocycles. The van der Waals surface area contributed by atoms with Crippen LogP contribution in [0, 0.1) is 6.92 Å². The van der Waals surface area contributed by atoms with Gasteiger partial charge in [0, 0.05) is 5.02 Å². The summed E-state index contributed by atoms with van der Waals surface area (Å²) in [6.07, 6.45) is 2.00. The molecule has 1 atom stereocenters. The second kappa shape index (κ2) is 6.43. The lowest BCUT2D eigenvalue weighted by atomic mass is 9.91. The van der Waals surface area contributed by atoms with Crippen LogP contribution in [0.2, 0.25) is 5.02 Å². The third kappa shape index (κ3) is 3.05. The zero-order chi connectivity index (χ0) is 14.7. The molecular weight excluding hydrogens is 266 g/mol. The van der Waals surface area contributed by atoms with Crippen LogP contribution in [0.25, 0.3) is 0 Å². The molecule has 2 aromatic rings. The molecule has 106 valence electrons. The maximum atomic E-state index is 6.48. The van der Waals surface area contributed by atoms with Gasteiger partial charge in [-0.1, -0.05) is 55.8 Å². The highest BCUT2D eigenvalue weighted by atomic mass is 35.5. The highest BCUT2D eigenvalue weighted by Gasteiger charge is 2.16. The summed E-state index contributed by atoms with van der Waals surface area (Å²) in [5, 5.41) is 0.751. The van der Waals surface area contributed by atoms with Gasteiger partial charge in [0.25, 0.3) is 0 Å². The Morgan fingerprint density at radius 1 is 1.00 bits per heavy atom. The van der Waals surface area contributed by atoms with Gasteiger partial charge in [0.2, 0.25) is 0 Å². The van der Waals surface area contributed by atoms with Gasteiger partial charge >= 0.3 is 0 Å². The van der Waals surface area contributed by atoms with E-state index in [1.165, 1.54) is 16.7 Å². The molecular formula is C18H22ClN. The SMILES string of the molecule is CCc1ccc(CC)c(C(N)c2ccc(C)cc2Cl)c1. The van der Waals surface area contributed by atoms with Crippen LogP contribution in [-0.4, -0.2) is 0 Å². The van der Waals surface area contributed by atoms with Gasteiger partial charge in [-0.05, 0) is 53.6 Å². The summed E-state index contributed by atoms with van der Waals surface area (Å²) in [5.41, 5.74) is 12.4. The van der Waals surface area contributed by atoms with Crippen molar-refractivity contribution in [3.8, 4) is 0 Å². The highest BCUT2D eigenvalue weighted by molar-refractivity contribution is 6.31. The highest BCUT2D eigenvalue weighted by Crippen LogP contribution is 2.30. The van der Waals surface area contributed by atoms with Crippen LogP contribution in [0.3, 0.4) is 0 Å². The number of aryl methyl sites for hydroxylation is 3. The van der Waals surface area contributed by atoms with Crippen LogP contribution < -0.4 is 5.73 Å². The minimum atomic E-state index is -0.162. The molecule has 0 amide bonds. The second-order valence-corrected chi connectivity index (χ2v) is 5.65. The summed E-state index contributed by atoms with van der Waals surface area (Å²) >= 11 is 6.36. The number of hydrogen-bond donors (Lipinski definition) is 1. The van der Waals surface area contributed by atoms with Crippen LogP contribution in [0.5, 0.6) is 0 Å². The molecule has 0 spiro atoms. The Balaban J connectivity index is 2.48. The quantitative estimate of drug-likeness (QED) is 0.857. The topological polar surface area (TPSA) is 26.0 Å². The van der Waals surface area contributed by atoms with E-state index in [2.05, 4.69) is 38.1 Å². The first-order valence-corrected chi connectivity index (χ1v) is 7.58. The van der Waals surface area contributed by atoms with Gasteiger partial charge in [0.15, 0.2) is 0 Å². The lowest BCUT2D eigenvalue weighted by Crippen LogP contribution is -2.15. The zero-order valence-electron chi connectivity index (χ0n) is 12.4. The van der Waals surface area contributed by atoms with E-state index in [1.807, 2.05) is 19.1 Å². The summed E-state index contributed by atoms with van der Waals surface area (Å²) in [6, 6.07) is 12.5. The molecule has 0 bridgehead atoms. The molecule has 0 saturated heterocycles. The van der Waals surface area contributed by atoms with E-state index in [9.17, 15) is 0 Å². The van der Waals surface area contributed by atoms with E-state index in [0.717, 1.165) is 29.0 Å². The molecule has 2 N–H and O–H groups in total. The number of halogens is 1. The van der Waals surface area contributed by atoms with Crippen molar-refractivity contribution in [1.29, 1.82) is 0 Å². The van der Waals surface area contributed by atoms with Gasteiger partial charge in [0.1, 0.15) is 0 Å². The van der Waals surface area contributed by atoms with Crippen molar-refractivity contribution in [3.05, 3.63) is 69.2 Å². The lowest BCUT2D eigenvalue weighted by Gasteiger charge is -2.19. The fraction of sp³-hybridized carbons (Fsp3) is 0.333. The monoisotopic (exact) mass is 287 g/mol. The van der Waals surface area contributed by atoms with Crippen LogP contribution in [0.15, 0.2) is 36.4 Å². The van der Waals surface area contributed by atoms with Crippen molar-refractivity contribution in [3.63, 3.8) is 0 Å². The molecule has 1 unspecified atom stereocenters. The molecule has 2 aromatic carbocycles. The molecule has 0 radical (unpaired) electrons. The summed E-state index contributed by atoms with van der Waals surface area (Å²) in [7, 11) is 0. The molecule has 0 aliphatic heterocycles. The third-order valence-corrected chi connectivity index (χ3v) is 4.15. The van der Waals surface area contributed by atoms with E-state index in [0.29, 0.717) is 0 Å². The summed E-state index contributed by atoms with van der Waals surface area (Å²) < 4.78 is 0.